The van der Waals surface area contributed by atoms with Crippen LogP contribution in [-0.4, -0.2) is 9.13 Å². The van der Waals surface area contributed by atoms with Crippen molar-refractivity contribution in [2.75, 3.05) is 0 Å². The Labute approximate surface area is 601 Å². The molecule has 2 spiro atoms. The summed E-state index contributed by atoms with van der Waals surface area (Å²) in [6.07, 6.45) is 0. The van der Waals surface area contributed by atoms with Gasteiger partial charge in [0.25, 0.3) is 0 Å². The average Bonchev–Trinajstić information content (AvgIpc) is 1.51. The molecule has 0 amide bonds. The molecule has 0 fully saturated rings. The van der Waals surface area contributed by atoms with Gasteiger partial charge in [-0.25, -0.2) is 0 Å². The van der Waals surface area contributed by atoms with Gasteiger partial charge in [0, 0.05) is 54.5 Å². The first-order valence-corrected chi connectivity index (χ1v) is 36.5. The maximum atomic E-state index is 6.55. The van der Waals surface area contributed by atoms with Gasteiger partial charge in [-0.05, 0) is 200 Å². The van der Waals surface area contributed by atoms with E-state index >= 15 is 0 Å². The maximum Gasteiger partial charge on any atom is 0.143 e. The van der Waals surface area contributed by atoms with Crippen LogP contribution in [-0.2, 0) is 16.2 Å². The Kier molecular flexibility index (Phi) is 11.0. The van der Waals surface area contributed by atoms with Crippen molar-refractivity contribution in [2.24, 2.45) is 0 Å². The summed E-state index contributed by atoms with van der Waals surface area (Å²) in [4.78, 5) is 0. The topological polar surface area (TPSA) is 23.0 Å². The first kappa shape index (κ1) is 56.6. The van der Waals surface area contributed by atoms with Crippen molar-refractivity contribution in [1.29, 1.82) is 0 Å². The summed E-state index contributed by atoms with van der Waals surface area (Å²) in [5.74, 6) is 0. The van der Waals surface area contributed by atoms with Crippen molar-refractivity contribution in [1.82, 2.24) is 9.13 Å². The van der Waals surface area contributed by atoms with Crippen LogP contribution in [0.4, 0.5) is 0 Å². The number of para-hydroxylation sites is 3. The van der Waals surface area contributed by atoms with Gasteiger partial charge in [0.1, 0.15) is 11.2 Å². The number of aromatic nitrogens is 2. The summed E-state index contributed by atoms with van der Waals surface area (Å²) in [6.45, 7) is 4.78. The molecule has 1 unspecified atom stereocenters. The highest BCUT2D eigenvalue weighted by Crippen LogP contribution is 2.66. The Morgan fingerprint density at radius 3 is 1.39 bits per heavy atom. The van der Waals surface area contributed by atoms with E-state index < -0.39 is 10.8 Å². The van der Waals surface area contributed by atoms with Gasteiger partial charge < -0.3 is 13.6 Å². The van der Waals surface area contributed by atoms with E-state index in [4.69, 9.17) is 4.42 Å². The van der Waals surface area contributed by atoms with Crippen molar-refractivity contribution in [2.45, 2.75) is 30.1 Å². The Morgan fingerprint density at radius 2 is 0.673 bits per heavy atom. The second-order valence-electron chi connectivity index (χ2n) is 30.0. The molecular formula is C101H62N2O. The molecule has 3 heteroatoms. The lowest BCUT2D eigenvalue weighted by atomic mass is 9.70. The molecule has 0 N–H and O–H groups in total. The molecule has 24 rings (SSSR count). The third-order valence-electron chi connectivity index (χ3n) is 25.0. The second-order valence-corrected chi connectivity index (χ2v) is 30.0. The molecule has 0 saturated carbocycles. The number of nitrogens with zero attached hydrogens (tertiary/aromatic N) is 2. The molecule has 0 aliphatic heterocycles. The van der Waals surface area contributed by atoms with Crippen LogP contribution in [0.15, 0.2) is 344 Å². The average molecular weight is 1320 g/mol. The number of hydrogen-bond donors (Lipinski definition) is 0. The number of rotatable bonds is 5. The zero-order valence-electron chi connectivity index (χ0n) is 57.1. The van der Waals surface area contributed by atoms with Gasteiger partial charge in [-0.15, -0.1) is 0 Å². The van der Waals surface area contributed by atoms with Gasteiger partial charge in [0.2, 0.25) is 0 Å². The largest absolute Gasteiger partial charge is 0.455 e. The molecule has 0 saturated heterocycles. The van der Waals surface area contributed by atoms with E-state index in [1.54, 1.807) is 0 Å². The monoisotopic (exact) mass is 1320 g/mol. The predicted octanol–water partition coefficient (Wildman–Crippen LogP) is 25.8. The van der Waals surface area contributed by atoms with Crippen LogP contribution in [0.2, 0.25) is 0 Å². The minimum absolute atomic E-state index is 0.131. The summed E-state index contributed by atoms with van der Waals surface area (Å²) < 4.78 is 11.7. The van der Waals surface area contributed by atoms with Gasteiger partial charge in [-0.2, -0.15) is 0 Å². The number of fused-ring (bicyclic) bond motifs is 32. The summed E-state index contributed by atoms with van der Waals surface area (Å²) >= 11 is 0. The van der Waals surface area contributed by atoms with Crippen molar-refractivity contribution in [3.05, 3.63) is 395 Å². The molecule has 3 aromatic heterocycles. The Hall–Kier alpha value is -13.1. The Morgan fingerprint density at radius 1 is 0.231 bits per heavy atom. The highest BCUT2D eigenvalue weighted by atomic mass is 16.3. The van der Waals surface area contributed by atoms with Gasteiger partial charge in [-0.1, -0.05) is 287 Å². The maximum absolute atomic E-state index is 6.55. The van der Waals surface area contributed by atoms with Gasteiger partial charge in [0.05, 0.1) is 38.6 Å². The summed E-state index contributed by atoms with van der Waals surface area (Å²) in [5, 5.41) is 7.24. The molecule has 0 radical (unpaired) electrons. The SMILES string of the molecule is CC1(C)c2ccccc2-c2cc3c4ccccc4n(-c4ccc5c(c4)-c4ccccc4C54c5ccccc5-c5cc(-c6ccc7c8cc(-c9ccc(-c%10cccc%11c%10oc%10ccccc%10%11)cc9)ccc8n(-c8cccc9c8-c8ccccc8C98c9ccccc9-c9ccccc98)c7c6)ccc54)c3cc21. The Balaban J connectivity index is 0.683. The van der Waals surface area contributed by atoms with Crippen molar-refractivity contribution in [3.63, 3.8) is 0 Å². The second kappa shape index (κ2) is 20.1. The van der Waals surface area contributed by atoms with E-state index in [1.165, 1.54) is 172 Å². The molecule has 16 aromatic carbocycles. The van der Waals surface area contributed by atoms with Crippen LogP contribution in [0.3, 0.4) is 0 Å². The minimum Gasteiger partial charge on any atom is -0.455 e. The fraction of sp³-hybridized carbons (Fsp3) is 0.0495. The highest BCUT2D eigenvalue weighted by Gasteiger charge is 2.54. The molecular weight excluding hydrogens is 1260 g/mol. The van der Waals surface area contributed by atoms with Crippen molar-refractivity contribution >= 4 is 65.6 Å². The fourth-order valence-electron chi connectivity index (χ4n) is 20.7. The summed E-state index contributed by atoms with van der Waals surface area (Å²) in [5.41, 5.74) is 41.0. The fourth-order valence-corrected chi connectivity index (χ4v) is 20.7. The quantitative estimate of drug-likeness (QED) is 0.168. The van der Waals surface area contributed by atoms with Crippen LogP contribution in [0.25, 0.3) is 166 Å². The van der Waals surface area contributed by atoms with Crippen LogP contribution in [0.1, 0.15) is 69.5 Å². The molecule has 0 bridgehead atoms. The molecule has 3 nitrogen and oxygen atoms in total. The third kappa shape index (κ3) is 7.02. The molecule has 5 aliphatic carbocycles. The lowest BCUT2D eigenvalue weighted by Crippen LogP contribution is -2.25. The van der Waals surface area contributed by atoms with E-state index in [1.807, 2.05) is 6.07 Å². The molecule has 482 valence electrons. The Bertz CT molecular complexity index is 7040. The van der Waals surface area contributed by atoms with Gasteiger partial charge in [-0.3, -0.25) is 0 Å². The van der Waals surface area contributed by atoms with Crippen LogP contribution < -0.4 is 0 Å². The van der Waals surface area contributed by atoms with E-state index in [2.05, 4.69) is 357 Å². The van der Waals surface area contributed by atoms with Crippen LogP contribution >= 0.6 is 0 Å². The predicted molar refractivity (Wildman–Crippen MR) is 429 cm³/mol. The lowest BCUT2D eigenvalue weighted by Gasteiger charge is -2.30. The zero-order valence-corrected chi connectivity index (χ0v) is 57.1. The standard InChI is InChI=1S/C101H62N2O/c1-99(2)81-31-11-3-23-68(81)78-57-80-71-26-9-17-38-91(71)102(95(80)58-90(78)99)64-48-51-88-77(56-64)70-25-7-15-35-85(70)100(88)84-34-14-6-24-69(84)76-53-62(46-50-87(76)100)63-45-49-72-79-54-61(59-41-43-60(44-42-59)65-29-19-30-74-73-27-10-18-40-96(73)104-98(65)74)47-52-92(79)103(94(72)55-63)93-39-20-37-89-97(93)75-28-8-16-36-86(75)101(89)82-32-12-4-21-66(82)67-22-5-13-33-83(67)101/h3-58H,1-2H3. The van der Waals surface area contributed by atoms with Crippen molar-refractivity contribution < 1.29 is 4.42 Å². The van der Waals surface area contributed by atoms with E-state index in [0.717, 1.165) is 49.7 Å². The first-order chi connectivity index (χ1) is 51.3. The van der Waals surface area contributed by atoms with E-state index in [0.29, 0.717) is 0 Å². The molecule has 19 aromatic rings. The van der Waals surface area contributed by atoms with Crippen LogP contribution in [0, 0.1) is 0 Å². The first-order valence-electron chi connectivity index (χ1n) is 36.5. The third-order valence-corrected chi connectivity index (χ3v) is 25.0. The van der Waals surface area contributed by atoms with Crippen molar-refractivity contribution in [3.8, 4) is 100 Å². The zero-order chi connectivity index (χ0) is 68.1. The smallest absolute Gasteiger partial charge is 0.143 e. The van der Waals surface area contributed by atoms with E-state index in [9.17, 15) is 0 Å². The number of benzene rings is 16. The number of furan rings is 1. The normalized spacial score (nSPS) is 15.4. The summed E-state index contributed by atoms with van der Waals surface area (Å²) in [6, 6.07) is 129. The molecule has 5 aliphatic rings. The van der Waals surface area contributed by atoms with E-state index in [-0.39, 0.29) is 5.41 Å². The van der Waals surface area contributed by atoms with Gasteiger partial charge in [0.15, 0.2) is 0 Å². The van der Waals surface area contributed by atoms with Gasteiger partial charge >= 0.3 is 0 Å². The highest BCUT2D eigenvalue weighted by molar-refractivity contribution is 6.15. The summed E-state index contributed by atoms with van der Waals surface area (Å²) in [7, 11) is 0. The lowest BCUT2D eigenvalue weighted by molar-refractivity contribution is 0.661. The minimum atomic E-state index is -0.537. The molecule has 104 heavy (non-hydrogen) atoms. The molecule has 3 heterocycles. The number of hydrogen-bond acceptors (Lipinski definition) is 1. The van der Waals surface area contributed by atoms with Crippen LogP contribution in [0.5, 0.6) is 0 Å². The molecule has 1 atom stereocenters.